The van der Waals surface area contributed by atoms with E-state index in [-0.39, 0.29) is 25.7 Å². The van der Waals surface area contributed by atoms with E-state index in [2.05, 4.69) is 30.1 Å². The highest BCUT2D eigenvalue weighted by molar-refractivity contribution is 7.12. The highest BCUT2D eigenvalue weighted by Gasteiger charge is 2.49. The first-order valence-corrected chi connectivity index (χ1v) is 23.5. The predicted molar refractivity (Wildman–Crippen MR) is 248 cm³/mol. The van der Waals surface area contributed by atoms with Crippen molar-refractivity contribution < 1.29 is 32.9 Å². The van der Waals surface area contributed by atoms with Gasteiger partial charge in [-0.2, -0.15) is 0 Å². The van der Waals surface area contributed by atoms with Gasteiger partial charge in [-0.1, -0.05) is 121 Å². The Balaban J connectivity index is 1.07. The highest BCUT2D eigenvalue weighted by atomic mass is 32.1. The zero-order valence-electron chi connectivity index (χ0n) is 35.7. The second kappa shape index (κ2) is 21.0. The van der Waals surface area contributed by atoms with Gasteiger partial charge >= 0.3 is 0 Å². The van der Waals surface area contributed by atoms with Crippen LogP contribution in [0.3, 0.4) is 0 Å². The lowest BCUT2D eigenvalue weighted by Gasteiger charge is -2.44. The molecule has 0 saturated carbocycles. The summed E-state index contributed by atoms with van der Waals surface area (Å²) in [7, 11) is 0. The first-order valence-electron chi connectivity index (χ1n) is 21.8. The number of alkyl halides is 1. The maximum Gasteiger partial charge on any atom is 0.283 e. The Morgan fingerprint density at radius 3 is 2.02 bits per heavy atom. The molecule has 0 radical (unpaired) electrons. The van der Waals surface area contributed by atoms with E-state index in [0.29, 0.717) is 43.5 Å². The third-order valence-electron chi connectivity index (χ3n) is 11.8. The minimum absolute atomic E-state index is 0.00486. The summed E-state index contributed by atoms with van der Waals surface area (Å²) in [6.07, 6.45) is -2.10. The SMILES string of the molecule is Cc1cc(OCc2ccccc2)c([C@@H]2O[C@H](COCc3ccccc3)[C@@H](F)[C@H](OCc3ccccc3)[C@H]2OCc2ccccc2)cc1Cc1cc2c(s1)CCN(C(=O)c1nccs1)C2. The molecular weight excluding hydrogens is 844 g/mol. The van der Waals surface area contributed by atoms with Crippen molar-refractivity contribution in [1.82, 2.24) is 9.88 Å². The number of benzene rings is 5. The van der Waals surface area contributed by atoms with E-state index in [0.717, 1.165) is 45.4 Å². The lowest BCUT2D eigenvalue weighted by Crippen LogP contribution is -2.55. The maximum absolute atomic E-state index is 17.3. The molecule has 1 amide bonds. The predicted octanol–water partition coefficient (Wildman–Crippen LogP) is 11.0. The van der Waals surface area contributed by atoms with Crippen LogP contribution in [0.2, 0.25) is 0 Å². The highest BCUT2D eigenvalue weighted by Crippen LogP contribution is 2.43. The molecule has 0 unspecified atom stereocenters. The van der Waals surface area contributed by atoms with Crippen molar-refractivity contribution >= 4 is 28.6 Å². The maximum atomic E-state index is 17.3. The number of rotatable bonds is 17. The zero-order valence-corrected chi connectivity index (χ0v) is 37.4. The van der Waals surface area contributed by atoms with E-state index >= 15 is 4.39 Å². The van der Waals surface area contributed by atoms with Crippen LogP contribution in [-0.2, 0) is 64.8 Å². The number of carbonyl (C=O) groups is 1. The molecule has 5 atom stereocenters. The molecule has 7 aromatic rings. The summed E-state index contributed by atoms with van der Waals surface area (Å²) in [5.41, 5.74) is 7.95. The lowest BCUT2D eigenvalue weighted by molar-refractivity contribution is -0.248. The fraction of sp³-hybridized carbons (Fsp3) is 0.283. The summed E-state index contributed by atoms with van der Waals surface area (Å²) in [6, 6.07) is 46.1. The average molecular weight is 895 g/mol. The van der Waals surface area contributed by atoms with E-state index in [1.54, 1.807) is 17.5 Å². The molecule has 0 N–H and O–H groups in total. The Morgan fingerprint density at radius 2 is 1.39 bits per heavy atom. The van der Waals surface area contributed by atoms with Crippen LogP contribution >= 0.6 is 22.7 Å². The third-order valence-corrected chi connectivity index (χ3v) is 13.8. The second-order valence-electron chi connectivity index (χ2n) is 16.3. The molecule has 328 valence electrons. The molecule has 0 spiro atoms. The second-order valence-corrected chi connectivity index (χ2v) is 18.4. The van der Waals surface area contributed by atoms with Crippen molar-refractivity contribution in [3.05, 3.63) is 210 Å². The van der Waals surface area contributed by atoms with Crippen LogP contribution in [0.1, 0.15) is 70.2 Å². The van der Waals surface area contributed by atoms with Crippen LogP contribution < -0.4 is 4.74 Å². The van der Waals surface area contributed by atoms with Crippen molar-refractivity contribution in [3.63, 3.8) is 0 Å². The molecule has 1 saturated heterocycles. The van der Waals surface area contributed by atoms with Gasteiger partial charge in [-0.3, -0.25) is 4.79 Å². The molecule has 11 heteroatoms. The Kier molecular flexibility index (Phi) is 14.3. The first kappa shape index (κ1) is 43.7. The fourth-order valence-electron chi connectivity index (χ4n) is 8.38. The Morgan fingerprint density at radius 1 is 0.781 bits per heavy atom. The van der Waals surface area contributed by atoms with Crippen molar-refractivity contribution in [1.29, 1.82) is 0 Å². The summed E-state index contributed by atoms with van der Waals surface area (Å²) in [4.78, 5) is 21.9. The van der Waals surface area contributed by atoms with Gasteiger partial charge in [0.1, 0.15) is 36.8 Å². The van der Waals surface area contributed by atoms with Gasteiger partial charge in [0.15, 0.2) is 11.2 Å². The molecule has 4 heterocycles. The largest absolute Gasteiger partial charge is 0.489 e. The molecule has 2 aliphatic rings. The van der Waals surface area contributed by atoms with Gasteiger partial charge in [-0.05, 0) is 70.5 Å². The number of halogens is 1. The van der Waals surface area contributed by atoms with Crippen LogP contribution in [-0.4, -0.2) is 53.4 Å². The normalized spacial score (nSPS) is 19.6. The zero-order chi connectivity index (χ0) is 43.7. The van der Waals surface area contributed by atoms with Crippen molar-refractivity contribution in [2.24, 2.45) is 0 Å². The lowest BCUT2D eigenvalue weighted by atomic mass is 9.88. The molecular formula is C53H51FN2O6S2. The molecule has 9 rings (SSSR count). The molecule has 2 aliphatic heterocycles. The average Bonchev–Trinajstić information content (AvgIpc) is 4.03. The number of thiazole rings is 1. The standard InChI is InChI=1S/C53H51FN2O6S2/c1-36-26-45(59-32-38-16-8-3-9-17-38)44(29-41(36)27-43-28-42-30-56(24-22-47(42)64-43)53(57)52-55-23-25-63-52)49-51(61-34-40-20-12-5-13-21-40)50(60-33-39-18-10-4-11-19-39)48(54)46(62-49)35-58-31-37-14-6-2-7-15-37/h2-21,23,25-26,28-29,46,48-51H,22,24,27,30-35H2,1H3/t46-,48-,49+,50+,51+/m1/s1. The molecule has 1 fully saturated rings. The summed E-state index contributed by atoms with van der Waals surface area (Å²) in [5.74, 6) is 0.607. The number of hydrogen-bond acceptors (Lipinski definition) is 9. The van der Waals surface area contributed by atoms with Crippen molar-refractivity contribution in [2.45, 2.75) is 83.3 Å². The molecule has 5 aromatic carbocycles. The van der Waals surface area contributed by atoms with Gasteiger partial charge < -0.3 is 28.6 Å². The van der Waals surface area contributed by atoms with Crippen LogP contribution in [0.5, 0.6) is 5.75 Å². The van der Waals surface area contributed by atoms with Gasteiger partial charge in [0, 0.05) is 46.4 Å². The van der Waals surface area contributed by atoms with Crippen LogP contribution in [0.25, 0.3) is 0 Å². The number of nitrogens with zero attached hydrogens (tertiary/aromatic N) is 2. The molecule has 0 bridgehead atoms. The Labute approximate surface area is 382 Å². The van der Waals surface area contributed by atoms with Crippen molar-refractivity contribution in [2.75, 3.05) is 13.2 Å². The molecule has 2 aromatic heterocycles. The minimum atomic E-state index is -1.57. The molecule has 0 aliphatic carbocycles. The monoisotopic (exact) mass is 894 g/mol. The van der Waals surface area contributed by atoms with Crippen molar-refractivity contribution in [3.8, 4) is 5.75 Å². The van der Waals surface area contributed by atoms with Gasteiger partial charge in [-0.25, -0.2) is 9.37 Å². The Hall–Kier alpha value is -5.53. The van der Waals surface area contributed by atoms with Crippen LogP contribution in [0, 0.1) is 6.92 Å². The van der Waals surface area contributed by atoms with Gasteiger partial charge in [-0.15, -0.1) is 22.7 Å². The number of aryl methyl sites for hydroxylation is 1. The topological polar surface area (TPSA) is 79.4 Å². The summed E-state index contributed by atoms with van der Waals surface area (Å²) >= 11 is 3.17. The van der Waals surface area contributed by atoms with E-state index in [1.165, 1.54) is 26.7 Å². The van der Waals surface area contributed by atoms with E-state index in [4.69, 9.17) is 23.7 Å². The fourth-order valence-corrected chi connectivity index (χ4v) is 10.2. The number of hydrogen-bond donors (Lipinski definition) is 0. The molecule has 8 nitrogen and oxygen atoms in total. The number of ether oxygens (including phenoxy) is 5. The number of thiophene rings is 1. The summed E-state index contributed by atoms with van der Waals surface area (Å²) < 4.78 is 50.7. The third kappa shape index (κ3) is 10.7. The van der Waals surface area contributed by atoms with E-state index in [1.807, 2.05) is 132 Å². The van der Waals surface area contributed by atoms with Crippen LogP contribution in [0.4, 0.5) is 4.39 Å². The van der Waals surface area contributed by atoms with Gasteiger partial charge in [0.25, 0.3) is 5.91 Å². The first-order chi connectivity index (χ1) is 31.4. The van der Waals surface area contributed by atoms with E-state index < -0.39 is 30.6 Å². The number of aromatic nitrogens is 1. The smallest absolute Gasteiger partial charge is 0.283 e. The summed E-state index contributed by atoms with van der Waals surface area (Å²) in [6.45, 7) is 4.36. The molecule has 64 heavy (non-hydrogen) atoms. The Bertz CT molecular complexity index is 2560. The number of carbonyl (C=O) groups excluding carboxylic acids is 1. The van der Waals surface area contributed by atoms with E-state index in [9.17, 15) is 4.79 Å². The van der Waals surface area contributed by atoms with Gasteiger partial charge in [0.05, 0.1) is 26.4 Å². The van der Waals surface area contributed by atoms with Gasteiger partial charge in [0.2, 0.25) is 0 Å². The van der Waals surface area contributed by atoms with Crippen LogP contribution in [0.15, 0.2) is 151 Å². The number of fused-ring (bicyclic) bond motifs is 1. The quantitative estimate of drug-likeness (QED) is 0.0901. The number of amides is 1. The summed E-state index contributed by atoms with van der Waals surface area (Å²) in [5, 5.41) is 2.35. The minimum Gasteiger partial charge on any atom is -0.489 e.